The molecule has 0 fully saturated rings. The molecule has 0 saturated carbocycles. The molecule has 0 aliphatic carbocycles. The first-order valence-electron chi connectivity index (χ1n) is 7.13. The molecule has 1 aromatic carbocycles. The molecular formula is C16H19N3O3S. The summed E-state index contributed by atoms with van der Waals surface area (Å²) in [6.45, 7) is 0.336. The van der Waals surface area contributed by atoms with E-state index in [9.17, 15) is 13.2 Å². The van der Waals surface area contributed by atoms with Gasteiger partial charge in [-0.2, -0.15) is 0 Å². The maximum atomic E-state index is 12.5. The summed E-state index contributed by atoms with van der Waals surface area (Å²) in [6, 6.07) is 11.7. The third-order valence-electron chi connectivity index (χ3n) is 3.42. The average Bonchev–Trinajstić information content (AvgIpc) is 2.53. The monoisotopic (exact) mass is 333 g/mol. The number of sulfonamides is 1. The number of likely N-dealkylation sites (N-methyl/N-ethyl adjacent to an activating group) is 1. The number of benzene rings is 1. The second-order valence-corrected chi connectivity index (χ2v) is 7.23. The van der Waals surface area contributed by atoms with Crippen LogP contribution in [0.2, 0.25) is 0 Å². The number of hydrogen-bond acceptors (Lipinski definition) is 4. The molecule has 23 heavy (non-hydrogen) atoms. The zero-order chi connectivity index (χ0) is 16.9. The van der Waals surface area contributed by atoms with Gasteiger partial charge in [0.2, 0.25) is 15.9 Å². The molecule has 122 valence electrons. The van der Waals surface area contributed by atoms with Crippen LogP contribution in [0, 0.1) is 0 Å². The lowest BCUT2D eigenvalue weighted by molar-refractivity contribution is -0.117. The van der Waals surface area contributed by atoms with Gasteiger partial charge in [-0.25, -0.2) is 12.7 Å². The van der Waals surface area contributed by atoms with Gasteiger partial charge in [0.15, 0.2) is 0 Å². The van der Waals surface area contributed by atoms with Crippen LogP contribution in [0.3, 0.4) is 0 Å². The predicted molar refractivity (Wildman–Crippen MR) is 87.1 cm³/mol. The summed E-state index contributed by atoms with van der Waals surface area (Å²) < 4.78 is 26.3. The van der Waals surface area contributed by atoms with E-state index in [4.69, 9.17) is 5.73 Å². The summed E-state index contributed by atoms with van der Waals surface area (Å²) in [7, 11) is -2.03. The second-order valence-electron chi connectivity index (χ2n) is 5.18. The quantitative estimate of drug-likeness (QED) is 0.817. The Morgan fingerprint density at radius 1 is 1.17 bits per heavy atom. The Hall–Kier alpha value is -2.25. The highest BCUT2D eigenvalue weighted by Gasteiger charge is 2.20. The van der Waals surface area contributed by atoms with Crippen molar-refractivity contribution in [3.63, 3.8) is 0 Å². The number of pyridine rings is 1. The summed E-state index contributed by atoms with van der Waals surface area (Å²) in [5, 5.41) is 0. The van der Waals surface area contributed by atoms with Crippen LogP contribution in [0.4, 0.5) is 0 Å². The lowest BCUT2D eigenvalue weighted by Crippen LogP contribution is -2.29. The van der Waals surface area contributed by atoms with Crippen molar-refractivity contribution in [1.29, 1.82) is 0 Å². The van der Waals surface area contributed by atoms with E-state index in [2.05, 4.69) is 4.98 Å². The molecule has 6 nitrogen and oxygen atoms in total. The van der Waals surface area contributed by atoms with Gasteiger partial charge in [-0.3, -0.25) is 9.78 Å². The molecule has 1 aromatic heterocycles. The molecule has 1 heterocycles. The standard InChI is InChI=1S/C16H19N3O3S/c1-19(11-9-14-4-2-3-10-18-14)23(21,22)15-7-5-13(6-8-15)12-16(17)20/h2-8,10H,9,11-12H2,1H3,(H2,17,20). The minimum absolute atomic E-state index is 0.0931. The maximum absolute atomic E-state index is 12.5. The Labute approximate surface area is 136 Å². The van der Waals surface area contributed by atoms with E-state index in [1.807, 2.05) is 18.2 Å². The second kappa shape index (κ2) is 7.34. The summed E-state index contributed by atoms with van der Waals surface area (Å²) >= 11 is 0. The van der Waals surface area contributed by atoms with Gasteiger partial charge in [-0.1, -0.05) is 18.2 Å². The molecule has 0 aliphatic rings. The Balaban J connectivity index is 2.06. The largest absolute Gasteiger partial charge is 0.369 e. The third-order valence-corrected chi connectivity index (χ3v) is 5.29. The van der Waals surface area contributed by atoms with Crippen molar-refractivity contribution in [2.75, 3.05) is 13.6 Å². The van der Waals surface area contributed by atoms with Gasteiger partial charge >= 0.3 is 0 Å². The Morgan fingerprint density at radius 3 is 2.43 bits per heavy atom. The van der Waals surface area contributed by atoms with Crippen molar-refractivity contribution < 1.29 is 13.2 Å². The fourth-order valence-corrected chi connectivity index (χ4v) is 3.27. The van der Waals surface area contributed by atoms with Crippen LogP contribution < -0.4 is 5.73 Å². The zero-order valence-corrected chi connectivity index (χ0v) is 13.7. The number of nitrogens with zero attached hydrogens (tertiary/aromatic N) is 2. The highest BCUT2D eigenvalue weighted by Crippen LogP contribution is 2.16. The van der Waals surface area contributed by atoms with Crippen molar-refractivity contribution in [2.24, 2.45) is 5.73 Å². The number of amides is 1. The van der Waals surface area contributed by atoms with E-state index in [1.165, 1.54) is 23.5 Å². The minimum atomic E-state index is -3.56. The van der Waals surface area contributed by atoms with E-state index >= 15 is 0 Å². The molecule has 7 heteroatoms. The molecule has 0 unspecified atom stereocenters. The van der Waals surface area contributed by atoms with Crippen LogP contribution in [0.5, 0.6) is 0 Å². The Kier molecular flexibility index (Phi) is 5.46. The number of rotatable bonds is 7. The molecule has 0 aliphatic heterocycles. The third kappa shape index (κ3) is 4.61. The Bertz CT molecular complexity index is 759. The molecule has 0 atom stereocenters. The van der Waals surface area contributed by atoms with E-state index in [0.717, 1.165) is 5.69 Å². The first-order chi connectivity index (χ1) is 10.9. The van der Waals surface area contributed by atoms with E-state index in [1.54, 1.807) is 18.3 Å². The topological polar surface area (TPSA) is 93.4 Å². The predicted octanol–water partition coefficient (Wildman–Crippen LogP) is 0.973. The number of primary amides is 1. The first kappa shape index (κ1) is 17.1. The number of aromatic nitrogens is 1. The fraction of sp³-hybridized carbons (Fsp3) is 0.250. The van der Waals surface area contributed by atoms with Gasteiger partial charge in [-0.15, -0.1) is 0 Å². The van der Waals surface area contributed by atoms with Crippen LogP contribution >= 0.6 is 0 Å². The van der Waals surface area contributed by atoms with Crippen LogP contribution in [-0.2, 0) is 27.7 Å². The molecule has 2 aromatic rings. The summed E-state index contributed by atoms with van der Waals surface area (Å²) in [5.41, 5.74) is 6.65. The van der Waals surface area contributed by atoms with Crippen LogP contribution in [0.15, 0.2) is 53.6 Å². The molecule has 0 spiro atoms. The SMILES string of the molecule is CN(CCc1ccccn1)S(=O)(=O)c1ccc(CC(N)=O)cc1. The van der Waals surface area contributed by atoms with Crippen molar-refractivity contribution >= 4 is 15.9 Å². The lowest BCUT2D eigenvalue weighted by Gasteiger charge is -2.17. The molecule has 0 saturated heterocycles. The zero-order valence-electron chi connectivity index (χ0n) is 12.8. The van der Waals surface area contributed by atoms with Crippen LogP contribution in [-0.4, -0.2) is 37.2 Å². The molecule has 2 rings (SSSR count). The van der Waals surface area contributed by atoms with Gasteiger partial charge in [0.05, 0.1) is 11.3 Å². The lowest BCUT2D eigenvalue weighted by atomic mass is 10.1. The van der Waals surface area contributed by atoms with Crippen LogP contribution in [0.1, 0.15) is 11.3 Å². The fourth-order valence-electron chi connectivity index (χ4n) is 2.10. The summed E-state index contributed by atoms with van der Waals surface area (Å²) in [5.74, 6) is -0.451. The highest BCUT2D eigenvalue weighted by molar-refractivity contribution is 7.89. The normalized spacial score (nSPS) is 11.6. The number of hydrogen-bond donors (Lipinski definition) is 1. The molecule has 0 bridgehead atoms. The number of nitrogens with two attached hydrogens (primary N) is 1. The number of carbonyl (C=O) groups is 1. The van der Waals surface area contributed by atoms with E-state index in [-0.39, 0.29) is 11.3 Å². The highest BCUT2D eigenvalue weighted by atomic mass is 32.2. The van der Waals surface area contributed by atoms with Gasteiger partial charge in [0, 0.05) is 31.9 Å². The Morgan fingerprint density at radius 2 is 1.87 bits per heavy atom. The molecular weight excluding hydrogens is 314 g/mol. The number of carbonyl (C=O) groups excluding carboxylic acids is 1. The maximum Gasteiger partial charge on any atom is 0.242 e. The van der Waals surface area contributed by atoms with Crippen molar-refractivity contribution in [2.45, 2.75) is 17.7 Å². The van der Waals surface area contributed by atoms with Gasteiger partial charge in [-0.05, 0) is 29.8 Å². The van der Waals surface area contributed by atoms with Crippen molar-refractivity contribution in [3.05, 3.63) is 59.9 Å². The van der Waals surface area contributed by atoms with Crippen molar-refractivity contribution in [3.8, 4) is 0 Å². The summed E-state index contributed by atoms with van der Waals surface area (Å²) in [4.78, 5) is 15.2. The molecule has 0 radical (unpaired) electrons. The molecule has 1 amide bonds. The van der Waals surface area contributed by atoms with E-state index < -0.39 is 15.9 Å². The van der Waals surface area contributed by atoms with Crippen LogP contribution in [0.25, 0.3) is 0 Å². The summed E-state index contributed by atoms with van der Waals surface area (Å²) in [6.07, 6.45) is 2.31. The van der Waals surface area contributed by atoms with Gasteiger partial charge in [0.1, 0.15) is 0 Å². The average molecular weight is 333 g/mol. The smallest absolute Gasteiger partial charge is 0.242 e. The van der Waals surface area contributed by atoms with Gasteiger partial charge < -0.3 is 5.73 Å². The van der Waals surface area contributed by atoms with E-state index in [0.29, 0.717) is 18.5 Å². The van der Waals surface area contributed by atoms with Crippen molar-refractivity contribution in [1.82, 2.24) is 9.29 Å². The van der Waals surface area contributed by atoms with Gasteiger partial charge in [0.25, 0.3) is 0 Å². The first-order valence-corrected chi connectivity index (χ1v) is 8.57. The molecule has 2 N–H and O–H groups in total. The minimum Gasteiger partial charge on any atom is -0.369 e.